The van der Waals surface area contributed by atoms with Crippen LogP contribution in [0.5, 0.6) is 0 Å². The van der Waals surface area contributed by atoms with Gasteiger partial charge in [0.15, 0.2) is 0 Å². The van der Waals surface area contributed by atoms with Crippen molar-refractivity contribution in [1.29, 1.82) is 0 Å². The summed E-state index contributed by atoms with van der Waals surface area (Å²) in [6, 6.07) is 5.53. The van der Waals surface area contributed by atoms with Gasteiger partial charge in [-0.1, -0.05) is 22.9 Å². The van der Waals surface area contributed by atoms with Crippen molar-refractivity contribution in [3.05, 3.63) is 28.2 Å². The monoisotopic (exact) mass is 313 g/mol. The molecule has 18 heavy (non-hydrogen) atoms. The molecule has 0 fully saturated rings. The summed E-state index contributed by atoms with van der Waals surface area (Å²) >= 11 is 3.35. The van der Waals surface area contributed by atoms with Crippen LogP contribution >= 0.6 is 15.9 Å². The highest BCUT2D eigenvalue weighted by molar-refractivity contribution is 9.10. The molecule has 0 saturated carbocycles. The van der Waals surface area contributed by atoms with E-state index in [2.05, 4.69) is 26.0 Å². The summed E-state index contributed by atoms with van der Waals surface area (Å²) in [4.78, 5) is 23.4. The van der Waals surface area contributed by atoms with E-state index in [1.54, 1.807) is 13.0 Å². The number of benzene rings is 1. The van der Waals surface area contributed by atoms with E-state index in [0.29, 0.717) is 12.1 Å². The Balaban J connectivity index is 2.83. The van der Waals surface area contributed by atoms with Crippen LogP contribution in [0.2, 0.25) is 0 Å². The molecule has 0 heterocycles. The molecule has 1 N–H and O–H groups in total. The summed E-state index contributed by atoms with van der Waals surface area (Å²) in [5, 5.41) is 2.74. The van der Waals surface area contributed by atoms with Gasteiger partial charge in [-0.3, -0.25) is 9.59 Å². The van der Waals surface area contributed by atoms with Crippen LogP contribution in [0.15, 0.2) is 22.7 Å². The highest BCUT2D eigenvalue weighted by atomic mass is 79.9. The zero-order valence-corrected chi connectivity index (χ0v) is 12.2. The molecular formula is C13H16BrNO3. The first kappa shape index (κ1) is 14.7. The number of amides is 1. The zero-order valence-electron chi connectivity index (χ0n) is 10.6. The van der Waals surface area contributed by atoms with Crippen molar-refractivity contribution in [2.75, 3.05) is 12.4 Å². The molecule has 0 aromatic heterocycles. The molecule has 0 aliphatic heterocycles. The van der Waals surface area contributed by atoms with Crippen LogP contribution < -0.4 is 5.32 Å². The van der Waals surface area contributed by atoms with Gasteiger partial charge in [-0.05, 0) is 37.1 Å². The van der Waals surface area contributed by atoms with Crippen molar-refractivity contribution >= 4 is 33.5 Å². The summed E-state index contributed by atoms with van der Waals surface area (Å²) < 4.78 is 5.55. The van der Waals surface area contributed by atoms with E-state index in [1.807, 2.05) is 19.1 Å². The first-order chi connectivity index (χ1) is 8.49. The van der Waals surface area contributed by atoms with Gasteiger partial charge in [0.2, 0.25) is 5.91 Å². The fraction of sp³-hybridized carbons (Fsp3) is 0.385. The fourth-order valence-corrected chi connectivity index (χ4v) is 2.06. The van der Waals surface area contributed by atoms with Gasteiger partial charge in [-0.15, -0.1) is 0 Å². The maximum atomic E-state index is 12.0. The number of halogens is 1. The minimum atomic E-state index is -0.766. The minimum absolute atomic E-state index is 0.338. The number of hydrogen-bond donors (Lipinski definition) is 1. The molecule has 1 atom stereocenters. The molecule has 4 nitrogen and oxygen atoms in total. The predicted octanol–water partition coefficient (Wildman–Crippen LogP) is 2.90. The molecule has 0 bridgehead atoms. The van der Waals surface area contributed by atoms with Crippen LogP contribution in [0.3, 0.4) is 0 Å². The van der Waals surface area contributed by atoms with E-state index in [-0.39, 0.29) is 5.91 Å². The van der Waals surface area contributed by atoms with Crippen LogP contribution in [0.4, 0.5) is 5.69 Å². The number of nitrogens with one attached hydrogen (secondary N) is 1. The third-order valence-electron chi connectivity index (χ3n) is 2.66. The van der Waals surface area contributed by atoms with Gasteiger partial charge in [-0.2, -0.15) is 0 Å². The number of esters is 1. The van der Waals surface area contributed by atoms with Crippen molar-refractivity contribution in [2.45, 2.75) is 20.3 Å². The number of carbonyl (C=O) groups excluding carboxylic acids is 2. The average molecular weight is 314 g/mol. The molecule has 0 radical (unpaired) electrons. The third-order valence-corrected chi connectivity index (χ3v) is 3.15. The van der Waals surface area contributed by atoms with Crippen molar-refractivity contribution in [1.82, 2.24) is 0 Å². The van der Waals surface area contributed by atoms with Crippen LogP contribution in [0, 0.1) is 12.8 Å². The van der Waals surface area contributed by atoms with Crippen molar-refractivity contribution in [3.8, 4) is 0 Å². The third kappa shape index (κ3) is 3.57. The number of hydrogen-bond acceptors (Lipinski definition) is 3. The van der Waals surface area contributed by atoms with E-state index in [0.717, 1.165) is 10.0 Å². The lowest BCUT2D eigenvalue weighted by Gasteiger charge is -2.14. The molecule has 0 aliphatic rings. The Morgan fingerprint density at radius 3 is 2.61 bits per heavy atom. The lowest BCUT2D eigenvalue weighted by Crippen LogP contribution is -2.30. The van der Waals surface area contributed by atoms with Crippen molar-refractivity contribution < 1.29 is 14.3 Å². The largest absolute Gasteiger partial charge is 0.468 e. The second-order valence-corrected chi connectivity index (χ2v) is 4.85. The van der Waals surface area contributed by atoms with Gasteiger partial charge in [0, 0.05) is 10.2 Å². The maximum Gasteiger partial charge on any atom is 0.318 e. The summed E-state index contributed by atoms with van der Waals surface area (Å²) in [7, 11) is 1.28. The average Bonchev–Trinajstić information content (AvgIpc) is 2.33. The molecule has 1 amide bonds. The zero-order chi connectivity index (χ0) is 13.7. The van der Waals surface area contributed by atoms with Gasteiger partial charge in [-0.25, -0.2) is 0 Å². The van der Waals surface area contributed by atoms with E-state index < -0.39 is 11.9 Å². The van der Waals surface area contributed by atoms with E-state index in [1.165, 1.54) is 7.11 Å². The fourth-order valence-electron chi connectivity index (χ4n) is 1.59. The molecule has 0 spiro atoms. The highest BCUT2D eigenvalue weighted by Gasteiger charge is 2.25. The predicted molar refractivity (Wildman–Crippen MR) is 73.3 cm³/mol. The molecular weight excluding hydrogens is 298 g/mol. The number of anilines is 1. The second-order valence-electron chi connectivity index (χ2n) is 3.93. The van der Waals surface area contributed by atoms with E-state index >= 15 is 0 Å². The Bertz CT molecular complexity index is 460. The lowest BCUT2D eigenvalue weighted by atomic mass is 10.1. The van der Waals surface area contributed by atoms with Crippen LogP contribution in [0.25, 0.3) is 0 Å². The Morgan fingerprint density at radius 1 is 1.44 bits per heavy atom. The van der Waals surface area contributed by atoms with E-state index in [9.17, 15) is 9.59 Å². The normalized spacial score (nSPS) is 11.8. The molecule has 98 valence electrons. The maximum absolute atomic E-state index is 12.0. The number of methoxy groups -OCH3 is 1. The second kappa shape index (κ2) is 6.54. The lowest BCUT2D eigenvalue weighted by molar-refractivity contribution is -0.148. The number of aryl methyl sites for hydroxylation is 1. The van der Waals surface area contributed by atoms with Gasteiger partial charge < -0.3 is 10.1 Å². The summed E-state index contributed by atoms with van der Waals surface area (Å²) in [6.45, 7) is 3.66. The summed E-state index contributed by atoms with van der Waals surface area (Å²) in [6.07, 6.45) is 0.411. The summed E-state index contributed by atoms with van der Waals surface area (Å²) in [5.74, 6) is -1.61. The molecule has 1 aromatic carbocycles. The Labute approximate surface area is 115 Å². The number of carbonyl (C=O) groups is 2. The topological polar surface area (TPSA) is 55.4 Å². The van der Waals surface area contributed by atoms with Gasteiger partial charge in [0.1, 0.15) is 5.92 Å². The molecule has 0 aliphatic carbocycles. The number of ether oxygens (including phenoxy) is 1. The Hall–Kier alpha value is -1.36. The van der Waals surface area contributed by atoms with Crippen molar-refractivity contribution in [3.63, 3.8) is 0 Å². The standard InChI is InChI=1S/C13H16BrNO3/c1-4-10(13(17)18-3)12(16)15-11-6-5-9(14)7-8(11)2/h5-7,10H,4H2,1-3H3,(H,15,16). The molecule has 1 unspecified atom stereocenters. The smallest absolute Gasteiger partial charge is 0.318 e. The van der Waals surface area contributed by atoms with Crippen LogP contribution in [-0.4, -0.2) is 19.0 Å². The quantitative estimate of drug-likeness (QED) is 0.687. The summed E-state index contributed by atoms with van der Waals surface area (Å²) in [5.41, 5.74) is 1.63. The Morgan fingerprint density at radius 2 is 2.11 bits per heavy atom. The van der Waals surface area contributed by atoms with Gasteiger partial charge in [0.25, 0.3) is 0 Å². The first-order valence-electron chi connectivity index (χ1n) is 5.64. The van der Waals surface area contributed by atoms with Crippen LogP contribution in [-0.2, 0) is 14.3 Å². The first-order valence-corrected chi connectivity index (χ1v) is 6.43. The molecule has 1 aromatic rings. The molecule has 5 heteroatoms. The van der Waals surface area contributed by atoms with Gasteiger partial charge >= 0.3 is 5.97 Å². The SMILES string of the molecule is CCC(C(=O)Nc1ccc(Br)cc1C)C(=O)OC. The minimum Gasteiger partial charge on any atom is -0.468 e. The highest BCUT2D eigenvalue weighted by Crippen LogP contribution is 2.21. The number of rotatable bonds is 4. The molecule has 1 rings (SSSR count). The van der Waals surface area contributed by atoms with Crippen LogP contribution in [0.1, 0.15) is 18.9 Å². The van der Waals surface area contributed by atoms with E-state index in [4.69, 9.17) is 0 Å². The Kier molecular flexibility index (Phi) is 5.34. The van der Waals surface area contributed by atoms with Crippen molar-refractivity contribution in [2.24, 2.45) is 5.92 Å². The molecule has 0 saturated heterocycles. The van der Waals surface area contributed by atoms with Gasteiger partial charge in [0.05, 0.1) is 7.11 Å².